The monoisotopic (exact) mass is 331 g/mol. The van der Waals surface area contributed by atoms with Gasteiger partial charge in [-0.1, -0.05) is 25.2 Å². The van der Waals surface area contributed by atoms with E-state index >= 15 is 0 Å². The van der Waals surface area contributed by atoms with E-state index in [-0.39, 0.29) is 0 Å². The Labute approximate surface area is 142 Å². The van der Waals surface area contributed by atoms with Crippen molar-refractivity contribution >= 4 is 23.4 Å². The molecule has 2 aromatic rings. The highest BCUT2D eigenvalue weighted by molar-refractivity contribution is 7.11. The Bertz CT molecular complexity index is 692. The number of aryl methyl sites for hydroxylation is 2. The first-order valence-corrected chi connectivity index (χ1v) is 8.77. The maximum absolute atomic E-state index is 5.97. The first kappa shape index (κ1) is 17.5. The van der Waals surface area contributed by atoms with E-state index < -0.39 is 0 Å². The second-order valence-electron chi connectivity index (χ2n) is 6.02. The number of aromatic nitrogens is 1. The minimum atomic E-state index is 0.415. The molecule has 1 heterocycles. The second kappa shape index (κ2) is 7.59. The Balaban J connectivity index is 2.20. The zero-order chi connectivity index (χ0) is 17.0. The molecule has 1 aromatic heterocycles. The number of ether oxygens (including phenoxy) is 1. The van der Waals surface area contributed by atoms with Gasteiger partial charge in [0.05, 0.1) is 17.7 Å². The maximum Gasteiger partial charge on any atom is 0.278 e. The summed E-state index contributed by atoms with van der Waals surface area (Å²) in [5, 5.41) is 2.75. The Kier molecular flexibility index (Phi) is 5.77. The average Bonchev–Trinajstić information content (AvgIpc) is 2.97. The van der Waals surface area contributed by atoms with Crippen LogP contribution in [0.2, 0.25) is 0 Å². The number of aliphatic imine (C=N–C) groups is 1. The molecule has 0 amide bonds. The topological polar surface area (TPSA) is 37.7 Å². The van der Waals surface area contributed by atoms with Crippen molar-refractivity contribution in [3.05, 3.63) is 34.3 Å². The summed E-state index contributed by atoms with van der Waals surface area (Å²) in [6, 6.07) is 4.09. The standard InChI is InChI=1S/C18H25N3OS/c1-7-21(6)11-19-15-8-14(5)17(9-13(15)4)22-18-20-16(10-23-18)12(2)3/h8-12H,7H2,1-6H3/b19-11+. The zero-order valence-corrected chi connectivity index (χ0v) is 15.6. The normalized spacial score (nSPS) is 11.4. The van der Waals surface area contributed by atoms with Gasteiger partial charge in [0.25, 0.3) is 5.19 Å². The summed E-state index contributed by atoms with van der Waals surface area (Å²) in [4.78, 5) is 11.1. The van der Waals surface area contributed by atoms with E-state index in [0.29, 0.717) is 11.1 Å². The van der Waals surface area contributed by atoms with E-state index in [2.05, 4.69) is 42.2 Å². The van der Waals surface area contributed by atoms with Crippen molar-refractivity contribution in [3.63, 3.8) is 0 Å². The van der Waals surface area contributed by atoms with Crippen molar-refractivity contribution in [2.24, 2.45) is 4.99 Å². The van der Waals surface area contributed by atoms with E-state index in [9.17, 15) is 0 Å². The first-order chi connectivity index (χ1) is 10.9. The van der Waals surface area contributed by atoms with Gasteiger partial charge in [0.1, 0.15) is 5.75 Å². The predicted molar refractivity (Wildman–Crippen MR) is 98.6 cm³/mol. The van der Waals surface area contributed by atoms with E-state index in [1.165, 1.54) is 11.3 Å². The summed E-state index contributed by atoms with van der Waals surface area (Å²) >= 11 is 1.54. The molecule has 0 spiro atoms. The first-order valence-electron chi connectivity index (χ1n) is 7.89. The van der Waals surface area contributed by atoms with Crippen LogP contribution in [0.1, 0.15) is 43.5 Å². The molecule has 4 nitrogen and oxygen atoms in total. The second-order valence-corrected chi connectivity index (χ2v) is 6.84. The summed E-state index contributed by atoms with van der Waals surface area (Å²) in [7, 11) is 2.01. The van der Waals surface area contributed by atoms with Crippen molar-refractivity contribution in [1.82, 2.24) is 9.88 Å². The fourth-order valence-electron chi connectivity index (χ4n) is 1.94. The molecule has 124 valence electrons. The predicted octanol–water partition coefficient (Wildman–Crippen LogP) is 5.29. The van der Waals surface area contributed by atoms with E-state index in [4.69, 9.17) is 4.74 Å². The lowest BCUT2D eigenvalue weighted by Gasteiger charge is -2.11. The highest BCUT2D eigenvalue weighted by atomic mass is 32.1. The fourth-order valence-corrected chi connectivity index (χ4v) is 2.78. The summed E-state index contributed by atoms with van der Waals surface area (Å²) < 4.78 is 5.97. The largest absolute Gasteiger partial charge is 0.431 e. The molecule has 0 fully saturated rings. The molecule has 5 heteroatoms. The van der Waals surface area contributed by atoms with Gasteiger partial charge in [-0.15, -0.1) is 0 Å². The van der Waals surface area contributed by atoms with Crippen molar-refractivity contribution in [1.29, 1.82) is 0 Å². The average molecular weight is 331 g/mol. The molecule has 0 atom stereocenters. The molecule has 1 aromatic carbocycles. The van der Waals surface area contributed by atoms with Crippen LogP contribution in [0.5, 0.6) is 10.9 Å². The van der Waals surface area contributed by atoms with Gasteiger partial charge in [-0.05, 0) is 49.9 Å². The van der Waals surface area contributed by atoms with Crippen molar-refractivity contribution in [3.8, 4) is 10.9 Å². The van der Waals surface area contributed by atoms with Crippen LogP contribution in [0, 0.1) is 13.8 Å². The SMILES string of the molecule is CCN(C)/C=N/c1cc(C)c(Oc2nc(C(C)C)cs2)cc1C. The third-order valence-electron chi connectivity index (χ3n) is 3.68. The third-order valence-corrected chi connectivity index (χ3v) is 4.41. The molecule has 2 rings (SSSR count). The van der Waals surface area contributed by atoms with Crippen molar-refractivity contribution in [2.45, 2.75) is 40.5 Å². The van der Waals surface area contributed by atoms with Crippen LogP contribution in [-0.2, 0) is 0 Å². The van der Waals surface area contributed by atoms with Crippen LogP contribution < -0.4 is 4.74 Å². The van der Waals surface area contributed by atoms with Gasteiger partial charge in [0.15, 0.2) is 0 Å². The summed E-state index contributed by atoms with van der Waals surface area (Å²) in [6.07, 6.45) is 1.86. The van der Waals surface area contributed by atoms with Crippen LogP contribution in [0.25, 0.3) is 0 Å². The van der Waals surface area contributed by atoms with E-state index in [0.717, 1.165) is 34.8 Å². The van der Waals surface area contributed by atoms with Crippen LogP contribution in [-0.4, -0.2) is 29.8 Å². The van der Waals surface area contributed by atoms with Crippen LogP contribution >= 0.6 is 11.3 Å². The Morgan fingerprint density at radius 2 is 2.04 bits per heavy atom. The van der Waals surface area contributed by atoms with Crippen LogP contribution in [0.3, 0.4) is 0 Å². The number of nitrogens with zero attached hydrogens (tertiary/aromatic N) is 3. The van der Waals surface area contributed by atoms with Gasteiger partial charge in [-0.25, -0.2) is 9.98 Å². The van der Waals surface area contributed by atoms with Gasteiger partial charge < -0.3 is 9.64 Å². The molecule has 0 unspecified atom stereocenters. The highest BCUT2D eigenvalue weighted by Crippen LogP contribution is 2.33. The fraction of sp³-hybridized carbons (Fsp3) is 0.444. The molecular formula is C18H25N3OS. The summed E-state index contributed by atoms with van der Waals surface area (Å²) in [6.45, 7) is 11.4. The van der Waals surface area contributed by atoms with Crippen LogP contribution in [0.4, 0.5) is 5.69 Å². The molecule has 0 saturated carbocycles. The lowest BCUT2D eigenvalue weighted by Crippen LogP contribution is -2.14. The third kappa shape index (κ3) is 4.55. The number of rotatable bonds is 6. The molecular weight excluding hydrogens is 306 g/mol. The number of thiazole rings is 1. The molecule has 0 N–H and O–H groups in total. The summed E-state index contributed by atoms with van der Waals surface area (Å²) in [5.74, 6) is 1.26. The lowest BCUT2D eigenvalue weighted by molar-refractivity contribution is 0.472. The minimum Gasteiger partial charge on any atom is -0.431 e. The molecule has 0 radical (unpaired) electrons. The number of hydrogen-bond donors (Lipinski definition) is 0. The molecule has 23 heavy (non-hydrogen) atoms. The summed E-state index contributed by atoms with van der Waals surface area (Å²) in [5.41, 5.74) is 4.19. The van der Waals surface area contributed by atoms with Gasteiger partial charge in [-0.3, -0.25) is 0 Å². The minimum absolute atomic E-state index is 0.415. The zero-order valence-electron chi connectivity index (χ0n) is 14.8. The molecule has 0 saturated heterocycles. The van der Waals surface area contributed by atoms with E-state index in [1.54, 1.807) is 0 Å². The molecule has 0 aliphatic heterocycles. The smallest absolute Gasteiger partial charge is 0.278 e. The Morgan fingerprint density at radius 1 is 1.30 bits per heavy atom. The lowest BCUT2D eigenvalue weighted by atomic mass is 10.1. The van der Waals surface area contributed by atoms with Gasteiger partial charge in [0.2, 0.25) is 0 Å². The quantitative estimate of drug-likeness (QED) is 0.533. The number of benzene rings is 1. The van der Waals surface area contributed by atoms with Crippen molar-refractivity contribution < 1.29 is 4.74 Å². The maximum atomic E-state index is 5.97. The Morgan fingerprint density at radius 3 is 2.65 bits per heavy atom. The number of hydrogen-bond acceptors (Lipinski definition) is 4. The molecule has 0 aliphatic rings. The van der Waals surface area contributed by atoms with Crippen molar-refractivity contribution in [2.75, 3.05) is 13.6 Å². The van der Waals surface area contributed by atoms with Gasteiger partial charge in [-0.2, -0.15) is 0 Å². The molecule has 0 bridgehead atoms. The Hall–Kier alpha value is -1.88. The van der Waals surface area contributed by atoms with Gasteiger partial charge in [0, 0.05) is 19.0 Å². The van der Waals surface area contributed by atoms with E-state index in [1.807, 2.05) is 38.2 Å². The van der Waals surface area contributed by atoms with Crippen LogP contribution in [0.15, 0.2) is 22.5 Å². The molecule has 0 aliphatic carbocycles. The van der Waals surface area contributed by atoms with Gasteiger partial charge >= 0.3 is 0 Å². The highest BCUT2D eigenvalue weighted by Gasteiger charge is 2.10.